The highest BCUT2D eigenvalue weighted by molar-refractivity contribution is 7.91. The predicted molar refractivity (Wildman–Crippen MR) is 123 cm³/mol. The molecule has 158 valence electrons. The van der Waals surface area contributed by atoms with Crippen molar-refractivity contribution in [2.45, 2.75) is 56.9 Å². The van der Waals surface area contributed by atoms with Crippen molar-refractivity contribution in [3.63, 3.8) is 0 Å². The van der Waals surface area contributed by atoms with Crippen LogP contribution in [-0.2, 0) is 9.84 Å². The molecule has 0 aliphatic carbocycles. The van der Waals surface area contributed by atoms with Crippen LogP contribution in [0.2, 0.25) is 0 Å². The molecule has 0 radical (unpaired) electrons. The number of aromatic nitrogens is 2. The molecule has 0 saturated carbocycles. The number of benzene rings is 2. The molecular formula is C25H30N2O2S. The molecule has 0 fully saturated rings. The largest absolute Gasteiger partial charge is 0.222 e. The maximum absolute atomic E-state index is 12.9. The Balaban J connectivity index is 1.80. The zero-order chi connectivity index (χ0) is 21.2. The number of nitrogens with zero attached hydrogens (tertiary/aromatic N) is 2. The van der Waals surface area contributed by atoms with Gasteiger partial charge >= 0.3 is 0 Å². The highest BCUT2D eigenvalue weighted by Crippen LogP contribution is 2.31. The Hall–Kier alpha value is -2.53. The van der Waals surface area contributed by atoms with Crippen LogP contribution >= 0.6 is 0 Å². The third kappa shape index (κ3) is 5.99. The third-order valence-electron chi connectivity index (χ3n) is 5.24. The number of unbranched alkanes of at least 4 members (excludes halogenated alkanes) is 6. The number of hydrogen-bond donors (Lipinski definition) is 0. The quantitative estimate of drug-likeness (QED) is 0.339. The first-order valence-corrected chi connectivity index (χ1v) is 12.5. The molecule has 2 aromatic carbocycles. The van der Waals surface area contributed by atoms with Crippen LogP contribution in [0.5, 0.6) is 0 Å². The molecule has 0 amide bonds. The van der Waals surface area contributed by atoms with Gasteiger partial charge in [-0.25, -0.2) is 8.42 Å². The Morgan fingerprint density at radius 2 is 1.27 bits per heavy atom. The van der Waals surface area contributed by atoms with E-state index in [1.807, 2.05) is 60.7 Å². The van der Waals surface area contributed by atoms with E-state index in [2.05, 4.69) is 17.1 Å². The summed E-state index contributed by atoms with van der Waals surface area (Å²) in [5.74, 6) is 0.119. The predicted octanol–water partition coefficient (Wildman–Crippen LogP) is 6.33. The molecular weight excluding hydrogens is 392 g/mol. The lowest BCUT2D eigenvalue weighted by molar-refractivity contribution is 0.575. The summed E-state index contributed by atoms with van der Waals surface area (Å²) in [5.41, 5.74) is 3.32. The van der Waals surface area contributed by atoms with Crippen LogP contribution in [0.1, 0.15) is 51.9 Å². The first-order valence-electron chi connectivity index (χ1n) is 10.8. The summed E-state index contributed by atoms with van der Waals surface area (Å²) in [6.07, 6.45) is 7.57. The van der Waals surface area contributed by atoms with Gasteiger partial charge in [-0.15, -0.1) is 10.2 Å². The Morgan fingerprint density at radius 1 is 0.700 bits per heavy atom. The van der Waals surface area contributed by atoms with Crippen LogP contribution < -0.4 is 0 Å². The maximum Gasteiger partial charge on any atom is 0.197 e. The molecule has 0 saturated heterocycles. The van der Waals surface area contributed by atoms with E-state index < -0.39 is 9.84 Å². The second-order valence-corrected chi connectivity index (χ2v) is 9.67. The van der Waals surface area contributed by atoms with Gasteiger partial charge in [0.15, 0.2) is 14.9 Å². The van der Waals surface area contributed by atoms with Crippen LogP contribution in [0.4, 0.5) is 0 Å². The van der Waals surface area contributed by atoms with E-state index in [0.717, 1.165) is 29.5 Å². The van der Waals surface area contributed by atoms with Crippen LogP contribution in [-0.4, -0.2) is 24.4 Å². The molecule has 1 heterocycles. The first-order chi connectivity index (χ1) is 14.6. The molecule has 4 nitrogen and oxygen atoms in total. The van der Waals surface area contributed by atoms with Crippen LogP contribution in [0.3, 0.4) is 0 Å². The van der Waals surface area contributed by atoms with Crippen molar-refractivity contribution in [3.05, 3.63) is 66.7 Å². The van der Waals surface area contributed by atoms with Gasteiger partial charge in [0, 0.05) is 11.1 Å². The highest BCUT2D eigenvalue weighted by atomic mass is 32.2. The summed E-state index contributed by atoms with van der Waals surface area (Å²) in [4.78, 5) is 0. The zero-order valence-electron chi connectivity index (χ0n) is 17.6. The van der Waals surface area contributed by atoms with Gasteiger partial charge in [-0.1, -0.05) is 106 Å². The fourth-order valence-corrected chi connectivity index (χ4v) is 4.78. The molecule has 0 aliphatic heterocycles. The van der Waals surface area contributed by atoms with Crippen molar-refractivity contribution in [2.24, 2.45) is 0 Å². The van der Waals surface area contributed by atoms with Gasteiger partial charge in [0.25, 0.3) is 0 Å². The molecule has 0 N–H and O–H groups in total. The smallest absolute Gasteiger partial charge is 0.197 e. The molecule has 30 heavy (non-hydrogen) atoms. The van der Waals surface area contributed by atoms with E-state index in [1.165, 1.54) is 25.7 Å². The Labute approximate surface area is 180 Å². The van der Waals surface area contributed by atoms with Crippen molar-refractivity contribution in [3.8, 4) is 22.4 Å². The van der Waals surface area contributed by atoms with Gasteiger partial charge < -0.3 is 0 Å². The molecule has 1 aromatic heterocycles. The molecule has 0 bridgehead atoms. The average Bonchev–Trinajstić information content (AvgIpc) is 2.79. The van der Waals surface area contributed by atoms with Gasteiger partial charge in [-0.05, 0) is 18.1 Å². The summed E-state index contributed by atoms with van der Waals surface area (Å²) < 4.78 is 25.8. The van der Waals surface area contributed by atoms with Gasteiger partial charge in [0.1, 0.15) is 5.69 Å². The van der Waals surface area contributed by atoms with E-state index in [1.54, 1.807) is 6.07 Å². The molecule has 0 atom stereocenters. The van der Waals surface area contributed by atoms with Gasteiger partial charge in [0.2, 0.25) is 0 Å². The van der Waals surface area contributed by atoms with Gasteiger partial charge in [-0.3, -0.25) is 0 Å². The topological polar surface area (TPSA) is 59.9 Å². The van der Waals surface area contributed by atoms with Crippen molar-refractivity contribution >= 4 is 9.84 Å². The minimum atomic E-state index is -3.46. The summed E-state index contributed by atoms with van der Waals surface area (Å²) in [7, 11) is -3.46. The van der Waals surface area contributed by atoms with Crippen LogP contribution in [0.25, 0.3) is 22.4 Å². The summed E-state index contributed by atoms with van der Waals surface area (Å²) in [5, 5.41) is 8.52. The fraction of sp³-hybridized carbons (Fsp3) is 0.360. The van der Waals surface area contributed by atoms with E-state index in [9.17, 15) is 8.42 Å². The molecule has 0 unspecified atom stereocenters. The number of sulfone groups is 1. The zero-order valence-corrected chi connectivity index (χ0v) is 18.4. The minimum Gasteiger partial charge on any atom is -0.222 e. The monoisotopic (exact) mass is 422 g/mol. The van der Waals surface area contributed by atoms with E-state index in [0.29, 0.717) is 12.1 Å². The molecule has 0 spiro atoms. The fourth-order valence-electron chi connectivity index (χ4n) is 3.53. The summed E-state index contributed by atoms with van der Waals surface area (Å²) >= 11 is 0. The minimum absolute atomic E-state index is 0.0621. The summed E-state index contributed by atoms with van der Waals surface area (Å²) in [6, 6.07) is 21.2. The van der Waals surface area contributed by atoms with E-state index in [-0.39, 0.29) is 10.8 Å². The van der Waals surface area contributed by atoms with E-state index >= 15 is 0 Å². The third-order valence-corrected chi connectivity index (χ3v) is 6.90. The Bertz CT molecular complexity index is 1020. The standard InChI is InChI=1S/C25H30N2O2S/c1-2-3-4-5-6-7-14-19-30(28,29)24-20-23(21-15-10-8-11-16-21)25(27-26-24)22-17-12-9-13-18-22/h8-13,15-18,20H,2-7,14,19H2,1H3. The molecule has 3 rings (SSSR count). The second kappa shape index (κ2) is 11.0. The van der Waals surface area contributed by atoms with Crippen LogP contribution in [0.15, 0.2) is 71.8 Å². The van der Waals surface area contributed by atoms with Gasteiger partial charge in [-0.2, -0.15) is 0 Å². The maximum atomic E-state index is 12.9. The molecule has 3 aromatic rings. The normalized spacial score (nSPS) is 11.5. The lowest BCUT2D eigenvalue weighted by Crippen LogP contribution is -2.11. The lowest BCUT2D eigenvalue weighted by Gasteiger charge is -2.11. The highest BCUT2D eigenvalue weighted by Gasteiger charge is 2.20. The van der Waals surface area contributed by atoms with E-state index in [4.69, 9.17) is 0 Å². The van der Waals surface area contributed by atoms with Gasteiger partial charge in [0.05, 0.1) is 5.75 Å². The second-order valence-electron chi connectivity index (χ2n) is 7.62. The molecule has 5 heteroatoms. The van der Waals surface area contributed by atoms with Crippen molar-refractivity contribution in [1.82, 2.24) is 10.2 Å². The SMILES string of the molecule is CCCCCCCCCS(=O)(=O)c1cc(-c2ccccc2)c(-c2ccccc2)nn1. The summed E-state index contributed by atoms with van der Waals surface area (Å²) in [6.45, 7) is 2.19. The van der Waals surface area contributed by atoms with Crippen molar-refractivity contribution in [1.29, 1.82) is 0 Å². The van der Waals surface area contributed by atoms with Crippen molar-refractivity contribution < 1.29 is 8.42 Å². The van der Waals surface area contributed by atoms with Crippen molar-refractivity contribution in [2.75, 3.05) is 5.75 Å². The van der Waals surface area contributed by atoms with Crippen LogP contribution in [0, 0.1) is 0 Å². The first kappa shape index (κ1) is 22.2. The molecule has 0 aliphatic rings. The Kier molecular flexibility index (Phi) is 8.14. The number of rotatable bonds is 11. The average molecular weight is 423 g/mol. The Morgan fingerprint density at radius 3 is 1.90 bits per heavy atom. The lowest BCUT2D eigenvalue weighted by atomic mass is 10.0. The number of hydrogen-bond acceptors (Lipinski definition) is 4.